The van der Waals surface area contributed by atoms with Crippen LogP contribution in [0, 0.1) is 0 Å². The Bertz CT molecular complexity index is 1140. The lowest BCUT2D eigenvalue weighted by Crippen LogP contribution is -2.52. The van der Waals surface area contributed by atoms with Gasteiger partial charge in [0.05, 0.1) is 0 Å². The number of hydrogen-bond acceptors (Lipinski definition) is 5. The number of amides is 3. The number of fused-ring (bicyclic) bond motifs is 1. The first kappa shape index (κ1) is 17.4. The molecule has 1 saturated heterocycles. The molecule has 2 aromatic carbocycles. The standard InChI is InChI=1S/C22H17N3O4/c26-19-9-8-18(20(27)24-19)25-11-15-10-14(6-7-16(15)22(25)28)21-23-17(12-29-21)13-4-2-1-3-5-13/h1-7,10,12,18H,8-9,11H2,(H,24,26,27). The number of aromatic nitrogens is 1. The highest BCUT2D eigenvalue weighted by Gasteiger charge is 2.39. The summed E-state index contributed by atoms with van der Waals surface area (Å²) in [5.41, 5.74) is 3.85. The minimum absolute atomic E-state index is 0.196. The number of benzene rings is 2. The first-order valence-corrected chi connectivity index (χ1v) is 9.39. The van der Waals surface area contributed by atoms with E-state index in [0.717, 1.165) is 22.4 Å². The van der Waals surface area contributed by atoms with E-state index in [1.54, 1.807) is 18.4 Å². The number of oxazole rings is 1. The number of imide groups is 1. The summed E-state index contributed by atoms with van der Waals surface area (Å²) in [6, 6.07) is 14.5. The van der Waals surface area contributed by atoms with Gasteiger partial charge in [-0.25, -0.2) is 4.98 Å². The van der Waals surface area contributed by atoms with E-state index in [4.69, 9.17) is 4.42 Å². The highest BCUT2D eigenvalue weighted by Crippen LogP contribution is 2.32. The predicted molar refractivity (Wildman–Crippen MR) is 103 cm³/mol. The van der Waals surface area contributed by atoms with Crippen LogP contribution in [0.1, 0.15) is 28.8 Å². The number of rotatable bonds is 3. The molecule has 29 heavy (non-hydrogen) atoms. The third-order valence-corrected chi connectivity index (χ3v) is 5.34. The largest absolute Gasteiger partial charge is 0.444 e. The SMILES string of the molecule is O=C1CCC(N2Cc3cc(-c4nc(-c5ccccc5)co4)ccc3C2=O)C(=O)N1. The molecule has 0 bridgehead atoms. The number of carbonyl (C=O) groups is 3. The lowest BCUT2D eigenvalue weighted by Gasteiger charge is -2.29. The van der Waals surface area contributed by atoms with Gasteiger partial charge in [0.25, 0.3) is 5.91 Å². The molecule has 1 aromatic heterocycles. The van der Waals surface area contributed by atoms with Gasteiger partial charge in [-0.15, -0.1) is 0 Å². The molecule has 0 spiro atoms. The number of nitrogens with zero attached hydrogens (tertiary/aromatic N) is 2. The van der Waals surface area contributed by atoms with E-state index in [-0.39, 0.29) is 18.2 Å². The van der Waals surface area contributed by atoms with Crippen LogP contribution in [0.25, 0.3) is 22.7 Å². The van der Waals surface area contributed by atoms with Crippen molar-refractivity contribution in [2.45, 2.75) is 25.4 Å². The number of piperidine rings is 1. The fraction of sp³-hybridized carbons (Fsp3) is 0.182. The second-order valence-corrected chi connectivity index (χ2v) is 7.18. The molecule has 1 N–H and O–H groups in total. The van der Waals surface area contributed by atoms with Crippen LogP contribution in [-0.2, 0) is 16.1 Å². The molecule has 3 amide bonds. The Balaban J connectivity index is 1.41. The zero-order valence-corrected chi connectivity index (χ0v) is 15.4. The van der Waals surface area contributed by atoms with Crippen molar-refractivity contribution in [1.82, 2.24) is 15.2 Å². The van der Waals surface area contributed by atoms with Crippen molar-refractivity contribution in [2.24, 2.45) is 0 Å². The molecule has 1 atom stereocenters. The number of hydrogen-bond donors (Lipinski definition) is 1. The average Bonchev–Trinajstić information content (AvgIpc) is 3.34. The first-order valence-electron chi connectivity index (χ1n) is 9.39. The molecule has 0 radical (unpaired) electrons. The van der Waals surface area contributed by atoms with Crippen molar-refractivity contribution in [3.8, 4) is 22.7 Å². The van der Waals surface area contributed by atoms with E-state index in [1.807, 2.05) is 36.4 Å². The first-order chi connectivity index (χ1) is 14.1. The molecule has 2 aliphatic heterocycles. The van der Waals surface area contributed by atoms with Gasteiger partial charge in [0.15, 0.2) is 0 Å². The van der Waals surface area contributed by atoms with Gasteiger partial charge in [0.2, 0.25) is 17.7 Å². The summed E-state index contributed by atoms with van der Waals surface area (Å²) in [5, 5.41) is 2.31. The Morgan fingerprint density at radius 3 is 2.66 bits per heavy atom. The minimum Gasteiger partial charge on any atom is -0.444 e. The van der Waals surface area contributed by atoms with E-state index in [9.17, 15) is 14.4 Å². The lowest BCUT2D eigenvalue weighted by molar-refractivity contribution is -0.136. The minimum atomic E-state index is -0.623. The molecule has 7 heteroatoms. The Morgan fingerprint density at radius 2 is 1.86 bits per heavy atom. The van der Waals surface area contributed by atoms with Crippen LogP contribution in [0.5, 0.6) is 0 Å². The van der Waals surface area contributed by atoms with E-state index in [1.165, 1.54) is 4.90 Å². The summed E-state index contributed by atoms with van der Waals surface area (Å²) in [4.78, 5) is 42.4. The van der Waals surface area contributed by atoms with Crippen molar-refractivity contribution >= 4 is 17.7 Å². The summed E-state index contributed by atoms with van der Waals surface area (Å²) in [5.74, 6) is -0.435. The van der Waals surface area contributed by atoms with Crippen LogP contribution in [-0.4, -0.2) is 33.6 Å². The molecule has 3 aromatic rings. The van der Waals surface area contributed by atoms with Crippen LogP contribution in [0.3, 0.4) is 0 Å². The van der Waals surface area contributed by atoms with Gasteiger partial charge < -0.3 is 9.32 Å². The Labute approximate surface area is 166 Å². The molecule has 144 valence electrons. The zero-order chi connectivity index (χ0) is 20.0. The normalized spacial score (nSPS) is 18.7. The maximum atomic E-state index is 12.8. The fourth-order valence-corrected chi connectivity index (χ4v) is 3.86. The summed E-state index contributed by atoms with van der Waals surface area (Å²) in [6.45, 7) is 0.320. The summed E-state index contributed by atoms with van der Waals surface area (Å²) >= 11 is 0. The second kappa shape index (κ2) is 6.70. The van der Waals surface area contributed by atoms with Gasteiger partial charge in [-0.3, -0.25) is 19.7 Å². The summed E-state index contributed by atoms with van der Waals surface area (Å²) in [6.07, 6.45) is 2.19. The summed E-state index contributed by atoms with van der Waals surface area (Å²) < 4.78 is 5.65. The maximum absolute atomic E-state index is 12.8. The quantitative estimate of drug-likeness (QED) is 0.698. The van der Waals surface area contributed by atoms with E-state index in [0.29, 0.717) is 24.4 Å². The highest BCUT2D eigenvalue weighted by molar-refractivity contribution is 6.05. The van der Waals surface area contributed by atoms with Gasteiger partial charge in [-0.2, -0.15) is 0 Å². The molecule has 2 aliphatic rings. The Kier molecular flexibility index (Phi) is 4.01. The zero-order valence-electron chi connectivity index (χ0n) is 15.4. The van der Waals surface area contributed by atoms with Crippen molar-refractivity contribution in [3.63, 3.8) is 0 Å². The van der Waals surface area contributed by atoms with Crippen molar-refractivity contribution in [2.75, 3.05) is 0 Å². The van der Waals surface area contributed by atoms with Crippen molar-refractivity contribution in [1.29, 1.82) is 0 Å². The van der Waals surface area contributed by atoms with Crippen LogP contribution >= 0.6 is 0 Å². The van der Waals surface area contributed by atoms with Crippen LogP contribution in [0.15, 0.2) is 59.2 Å². The van der Waals surface area contributed by atoms with Gasteiger partial charge in [-0.05, 0) is 30.2 Å². The van der Waals surface area contributed by atoms with E-state index < -0.39 is 11.9 Å². The van der Waals surface area contributed by atoms with Gasteiger partial charge >= 0.3 is 0 Å². The molecular formula is C22H17N3O4. The van der Waals surface area contributed by atoms with Gasteiger partial charge in [0, 0.05) is 29.7 Å². The monoisotopic (exact) mass is 387 g/mol. The fourth-order valence-electron chi connectivity index (χ4n) is 3.86. The second-order valence-electron chi connectivity index (χ2n) is 7.18. The molecule has 0 saturated carbocycles. The molecule has 0 aliphatic carbocycles. The molecule has 3 heterocycles. The third kappa shape index (κ3) is 3.00. The molecule has 1 unspecified atom stereocenters. The predicted octanol–water partition coefficient (Wildman–Crippen LogP) is 2.77. The maximum Gasteiger partial charge on any atom is 0.255 e. The summed E-state index contributed by atoms with van der Waals surface area (Å²) in [7, 11) is 0. The number of nitrogens with one attached hydrogen (secondary N) is 1. The molecule has 5 rings (SSSR count). The van der Waals surface area contributed by atoms with Crippen molar-refractivity contribution < 1.29 is 18.8 Å². The Morgan fingerprint density at radius 1 is 1.03 bits per heavy atom. The average molecular weight is 387 g/mol. The molecular weight excluding hydrogens is 370 g/mol. The van der Waals surface area contributed by atoms with E-state index >= 15 is 0 Å². The molecule has 7 nitrogen and oxygen atoms in total. The van der Waals surface area contributed by atoms with Crippen LogP contribution in [0.2, 0.25) is 0 Å². The van der Waals surface area contributed by atoms with E-state index in [2.05, 4.69) is 10.3 Å². The van der Waals surface area contributed by atoms with Gasteiger partial charge in [0.1, 0.15) is 18.0 Å². The van der Waals surface area contributed by atoms with Crippen LogP contribution < -0.4 is 5.32 Å². The highest BCUT2D eigenvalue weighted by atomic mass is 16.3. The smallest absolute Gasteiger partial charge is 0.255 e. The third-order valence-electron chi connectivity index (χ3n) is 5.34. The van der Waals surface area contributed by atoms with Crippen molar-refractivity contribution in [3.05, 3.63) is 65.9 Å². The lowest BCUT2D eigenvalue weighted by atomic mass is 10.0. The topological polar surface area (TPSA) is 92.5 Å². The molecule has 1 fully saturated rings. The Hall–Kier alpha value is -3.74. The van der Waals surface area contributed by atoms with Gasteiger partial charge in [-0.1, -0.05) is 30.3 Å². The number of carbonyl (C=O) groups excluding carboxylic acids is 3. The van der Waals surface area contributed by atoms with Crippen LogP contribution in [0.4, 0.5) is 0 Å².